The van der Waals surface area contributed by atoms with E-state index in [-0.39, 0.29) is 17.7 Å². The number of ether oxygens (including phenoxy) is 1. The van der Waals surface area contributed by atoms with Gasteiger partial charge >= 0.3 is 0 Å². The molecule has 0 aliphatic carbocycles. The van der Waals surface area contributed by atoms with Gasteiger partial charge in [-0.25, -0.2) is 0 Å². The number of Topliss-reactive ketones (excluding diaryl/α,β-unsaturated/α-hetero) is 1. The molecule has 1 amide bonds. The number of amides is 1. The SMILES string of the molecule is O=C(CN1CCC(=O)c2ccccc21)NC1CCOCC1. The Morgan fingerprint density at radius 2 is 2.05 bits per heavy atom. The van der Waals surface area contributed by atoms with Crippen LogP contribution in [0.3, 0.4) is 0 Å². The van der Waals surface area contributed by atoms with Crippen molar-refractivity contribution in [2.45, 2.75) is 25.3 Å². The molecular formula is C16H20N2O3. The number of carbonyl (C=O) groups excluding carboxylic acids is 2. The van der Waals surface area contributed by atoms with Gasteiger partial charge in [0.15, 0.2) is 5.78 Å². The van der Waals surface area contributed by atoms with Crippen LogP contribution in [-0.4, -0.2) is 44.0 Å². The highest BCUT2D eigenvalue weighted by atomic mass is 16.5. The highest BCUT2D eigenvalue weighted by Gasteiger charge is 2.25. The molecule has 3 rings (SSSR count). The van der Waals surface area contributed by atoms with Gasteiger partial charge in [0.1, 0.15) is 0 Å². The first-order valence-corrected chi connectivity index (χ1v) is 7.48. The Balaban J connectivity index is 1.63. The Hall–Kier alpha value is -1.88. The van der Waals surface area contributed by atoms with Crippen molar-refractivity contribution < 1.29 is 14.3 Å². The van der Waals surface area contributed by atoms with Gasteiger partial charge in [0.05, 0.1) is 6.54 Å². The lowest BCUT2D eigenvalue weighted by molar-refractivity contribution is -0.121. The third-order valence-corrected chi connectivity index (χ3v) is 4.07. The molecule has 1 N–H and O–H groups in total. The molecule has 0 bridgehead atoms. The average Bonchev–Trinajstić information content (AvgIpc) is 2.51. The van der Waals surface area contributed by atoms with E-state index in [2.05, 4.69) is 5.32 Å². The molecule has 0 radical (unpaired) electrons. The van der Waals surface area contributed by atoms with E-state index < -0.39 is 0 Å². The Morgan fingerprint density at radius 3 is 2.86 bits per heavy atom. The van der Waals surface area contributed by atoms with Crippen molar-refractivity contribution in [1.82, 2.24) is 5.32 Å². The van der Waals surface area contributed by atoms with Crippen LogP contribution in [0.2, 0.25) is 0 Å². The fraction of sp³-hybridized carbons (Fsp3) is 0.500. The van der Waals surface area contributed by atoms with Gasteiger partial charge in [-0.15, -0.1) is 0 Å². The Bertz CT molecular complexity index is 538. The lowest BCUT2D eigenvalue weighted by atomic mass is 10.0. The van der Waals surface area contributed by atoms with Crippen molar-refractivity contribution in [1.29, 1.82) is 0 Å². The fourth-order valence-corrected chi connectivity index (χ4v) is 2.93. The first-order valence-electron chi connectivity index (χ1n) is 7.48. The zero-order valence-electron chi connectivity index (χ0n) is 12.0. The highest BCUT2D eigenvalue weighted by Crippen LogP contribution is 2.26. The third kappa shape index (κ3) is 3.24. The minimum Gasteiger partial charge on any atom is -0.381 e. The number of nitrogens with one attached hydrogen (secondary N) is 1. The summed E-state index contributed by atoms with van der Waals surface area (Å²) in [5, 5.41) is 3.06. The maximum atomic E-state index is 12.2. The molecule has 2 aliphatic rings. The van der Waals surface area contributed by atoms with Crippen LogP contribution in [0.25, 0.3) is 0 Å². The second-order valence-electron chi connectivity index (χ2n) is 5.57. The van der Waals surface area contributed by atoms with E-state index in [1.54, 1.807) is 0 Å². The van der Waals surface area contributed by atoms with Crippen LogP contribution >= 0.6 is 0 Å². The van der Waals surface area contributed by atoms with Crippen LogP contribution in [0.5, 0.6) is 0 Å². The molecule has 2 aliphatic heterocycles. The smallest absolute Gasteiger partial charge is 0.239 e. The van der Waals surface area contributed by atoms with Crippen molar-refractivity contribution in [3.63, 3.8) is 0 Å². The van der Waals surface area contributed by atoms with E-state index >= 15 is 0 Å². The second-order valence-corrected chi connectivity index (χ2v) is 5.57. The van der Waals surface area contributed by atoms with E-state index in [9.17, 15) is 9.59 Å². The molecule has 5 nitrogen and oxygen atoms in total. The molecule has 1 aromatic carbocycles. The summed E-state index contributed by atoms with van der Waals surface area (Å²) >= 11 is 0. The van der Waals surface area contributed by atoms with Crippen LogP contribution in [0.4, 0.5) is 5.69 Å². The van der Waals surface area contributed by atoms with Crippen LogP contribution in [0.15, 0.2) is 24.3 Å². The van der Waals surface area contributed by atoms with Crippen LogP contribution in [-0.2, 0) is 9.53 Å². The number of rotatable bonds is 3. The number of hydrogen-bond donors (Lipinski definition) is 1. The molecule has 1 fully saturated rings. The molecule has 112 valence electrons. The number of anilines is 1. The second kappa shape index (κ2) is 6.26. The van der Waals surface area contributed by atoms with Crippen molar-refractivity contribution in [2.75, 3.05) is 31.2 Å². The van der Waals surface area contributed by atoms with Gasteiger partial charge in [0, 0.05) is 43.5 Å². The zero-order valence-corrected chi connectivity index (χ0v) is 12.0. The average molecular weight is 288 g/mol. The van der Waals surface area contributed by atoms with Gasteiger partial charge in [-0.3, -0.25) is 9.59 Å². The van der Waals surface area contributed by atoms with Crippen molar-refractivity contribution in [2.24, 2.45) is 0 Å². The number of benzene rings is 1. The standard InChI is InChI=1S/C16H20N2O3/c19-15-5-8-18(14-4-2-1-3-13(14)15)11-16(20)17-12-6-9-21-10-7-12/h1-4,12H,5-11H2,(H,17,20). The highest BCUT2D eigenvalue weighted by molar-refractivity contribution is 6.04. The van der Waals surface area contributed by atoms with Gasteiger partial charge in [-0.1, -0.05) is 12.1 Å². The van der Waals surface area contributed by atoms with Crippen LogP contribution in [0, 0.1) is 0 Å². The summed E-state index contributed by atoms with van der Waals surface area (Å²) < 4.78 is 5.29. The van der Waals surface area contributed by atoms with E-state index in [4.69, 9.17) is 4.74 Å². The quantitative estimate of drug-likeness (QED) is 0.913. The third-order valence-electron chi connectivity index (χ3n) is 4.07. The van der Waals surface area contributed by atoms with E-state index in [1.807, 2.05) is 29.2 Å². The molecule has 0 saturated carbocycles. The summed E-state index contributed by atoms with van der Waals surface area (Å²) in [6.45, 7) is 2.34. The largest absolute Gasteiger partial charge is 0.381 e. The fourth-order valence-electron chi connectivity index (χ4n) is 2.93. The maximum absolute atomic E-state index is 12.2. The molecule has 2 heterocycles. The lowest BCUT2D eigenvalue weighted by Crippen LogP contribution is -2.45. The van der Waals surface area contributed by atoms with Gasteiger partial charge in [0.25, 0.3) is 0 Å². The number of ketones is 1. The first kappa shape index (κ1) is 14.1. The topological polar surface area (TPSA) is 58.6 Å². The monoisotopic (exact) mass is 288 g/mol. The first-order chi connectivity index (χ1) is 10.2. The molecule has 0 aromatic heterocycles. The predicted octanol–water partition coefficient (Wildman–Crippen LogP) is 1.37. The predicted molar refractivity (Wildman–Crippen MR) is 79.6 cm³/mol. The molecule has 5 heteroatoms. The zero-order chi connectivity index (χ0) is 14.7. The minimum atomic E-state index is 0.0195. The Kier molecular flexibility index (Phi) is 4.20. The summed E-state index contributed by atoms with van der Waals surface area (Å²) in [5.74, 6) is 0.178. The molecule has 0 unspecified atom stereocenters. The van der Waals surface area contributed by atoms with E-state index in [0.717, 1.165) is 24.1 Å². The molecule has 1 aromatic rings. The summed E-state index contributed by atoms with van der Waals surface area (Å²) in [6, 6.07) is 7.73. The van der Waals surface area contributed by atoms with Crippen LogP contribution in [0.1, 0.15) is 29.6 Å². The number of carbonyl (C=O) groups is 2. The van der Waals surface area contributed by atoms with Gasteiger partial charge in [-0.05, 0) is 25.0 Å². The minimum absolute atomic E-state index is 0.0195. The van der Waals surface area contributed by atoms with Crippen molar-refractivity contribution in [3.05, 3.63) is 29.8 Å². The van der Waals surface area contributed by atoms with Gasteiger partial charge < -0.3 is 15.0 Å². The van der Waals surface area contributed by atoms with Crippen LogP contribution < -0.4 is 10.2 Å². The molecule has 21 heavy (non-hydrogen) atoms. The molecular weight excluding hydrogens is 268 g/mol. The number of nitrogens with zero attached hydrogens (tertiary/aromatic N) is 1. The normalized spacial score (nSPS) is 19.2. The summed E-state index contributed by atoms with van der Waals surface area (Å²) in [5.41, 5.74) is 1.60. The Labute approximate surface area is 124 Å². The Morgan fingerprint density at radius 1 is 1.29 bits per heavy atom. The molecule has 1 saturated heterocycles. The molecule has 0 spiro atoms. The summed E-state index contributed by atoms with van der Waals surface area (Å²) in [4.78, 5) is 26.1. The van der Waals surface area contributed by atoms with Crippen molar-refractivity contribution >= 4 is 17.4 Å². The van der Waals surface area contributed by atoms with Crippen molar-refractivity contribution in [3.8, 4) is 0 Å². The number of fused-ring (bicyclic) bond motifs is 1. The van der Waals surface area contributed by atoms with E-state index in [0.29, 0.717) is 32.7 Å². The van der Waals surface area contributed by atoms with E-state index in [1.165, 1.54) is 0 Å². The van der Waals surface area contributed by atoms with Gasteiger partial charge in [0.2, 0.25) is 5.91 Å². The summed E-state index contributed by atoms with van der Waals surface area (Å²) in [7, 11) is 0. The number of hydrogen-bond acceptors (Lipinski definition) is 4. The van der Waals surface area contributed by atoms with Gasteiger partial charge in [-0.2, -0.15) is 0 Å². The maximum Gasteiger partial charge on any atom is 0.239 e. The lowest BCUT2D eigenvalue weighted by Gasteiger charge is -2.31. The summed E-state index contributed by atoms with van der Waals surface area (Å²) in [6.07, 6.45) is 2.23. The molecule has 0 atom stereocenters. The number of para-hydroxylation sites is 1.